The third-order valence-electron chi connectivity index (χ3n) is 2.86. The zero-order chi connectivity index (χ0) is 16.2. The van der Waals surface area contributed by atoms with Crippen LogP contribution in [-0.2, 0) is 14.8 Å². The minimum absolute atomic E-state index is 0.0400. The molecule has 0 saturated carbocycles. The van der Waals surface area contributed by atoms with E-state index in [2.05, 4.69) is 9.71 Å². The fraction of sp³-hybridized carbons (Fsp3) is 0.667. The van der Waals surface area contributed by atoms with Crippen LogP contribution < -0.4 is 9.60 Å². The minimum Gasteiger partial charge on any atom is -0.481 e. The van der Waals surface area contributed by atoms with Gasteiger partial charge in [-0.05, 0) is 25.2 Å². The van der Waals surface area contributed by atoms with Crippen LogP contribution in [0.4, 0.5) is 0 Å². The highest BCUT2D eigenvalue weighted by Gasteiger charge is 2.23. The second-order valence-electron chi connectivity index (χ2n) is 5.37. The summed E-state index contributed by atoms with van der Waals surface area (Å²) in [5.74, 6) is -0.973. The molecule has 0 aliphatic heterocycles. The summed E-state index contributed by atoms with van der Waals surface area (Å²) in [6.07, 6.45) is 0.514. The second kappa shape index (κ2) is 7.19. The lowest BCUT2D eigenvalue weighted by atomic mass is 9.94. The van der Waals surface area contributed by atoms with Crippen molar-refractivity contribution in [3.05, 3.63) is 15.4 Å². The van der Waals surface area contributed by atoms with Crippen LogP contribution in [0.3, 0.4) is 0 Å². The van der Waals surface area contributed by atoms with Crippen molar-refractivity contribution in [2.45, 2.75) is 37.8 Å². The monoisotopic (exact) mass is 336 g/mol. The lowest BCUT2D eigenvalue weighted by Crippen LogP contribution is -2.31. The van der Waals surface area contributed by atoms with Gasteiger partial charge in [0.25, 0.3) is 10.0 Å². The van der Waals surface area contributed by atoms with Crippen molar-refractivity contribution in [2.24, 2.45) is 11.8 Å². The van der Waals surface area contributed by atoms with Gasteiger partial charge in [0.05, 0.1) is 0 Å². The molecule has 0 fully saturated rings. The van der Waals surface area contributed by atoms with E-state index in [1.54, 1.807) is 0 Å². The molecule has 3 N–H and O–H groups in total. The van der Waals surface area contributed by atoms with E-state index in [1.807, 2.05) is 13.8 Å². The van der Waals surface area contributed by atoms with E-state index in [1.165, 1.54) is 6.92 Å². The first-order valence-electron chi connectivity index (χ1n) is 6.53. The van der Waals surface area contributed by atoms with Crippen LogP contribution in [0.5, 0.6) is 0 Å². The quantitative estimate of drug-likeness (QED) is 0.658. The molecule has 0 saturated heterocycles. The van der Waals surface area contributed by atoms with Gasteiger partial charge in [0, 0.05) is 18.7 Å². The number of aliphatic carboxylic acids is 1. The van der Waals surface area contributed by atoms with Gasteiger partial charge in [-0.15, -0.1) is 0 Å². The number of carboxylic acids is 1. The number of carboxylic acid groups (broad SMARTS) is 1. The molecule has 1 unspecified atom stereocenters. The summed E-state index contributed by atoms with van der Waals surface area (Å²) in [5, 5.41) is 8.87. The number of thiazole rings is 1. The Kier molecular flexibility index (Phi) is 6.11. The van der Waals surface area contributed by atoms with Gasteiger partial charge in [-0.3, -0.25) is 9.59 Å². The number of aryl methyl sites for hydroxylation is 1. The smallest absolute Gasteiger partial charge is 0.305 e. The fourth-order valence-corrected chi connectivity index (χ4v) is 4.55. The summed E-state index contributed by atoms with van der Waals surface area (Å²) in [6.45, 7) is 5.45. The number of nitrogens with one attached hydrogen (secondary N) is 2. The van der Waals surface area contributed by atoms with Crippen molar-refractivity contribution in [3.8, 4) is 0 Å². The first-order valence-corrected chi connectivity index (χ1v) is 8.83. The maximum absolute atomic E-state index is 12.1. The predicted molar refractivity (Wildman–Crippen MR) is 80.1 cm³/mol. The first kappa shape index (κ1) is 17.9. The molecule has 1 atom stereocenters. The maximum Gasteiger partial charge on any atom is 0.305 e. The first-order chi connectivity index (χ1) is 9.61. The molecule has 1 rings (SSSR count). The van der Waals surface area contributed by atoms with Gasteiger partial charge in [-0.1, -0.05) is 25.2 Å². The van der Waals surface area contributed by atoms with Crippen LogP contribution in [0.2, 0.25) is 0 Å². The Balaban J connectivity index is 2.80. The van der Waals surface area contributed by atoms with Gasteiger partial charge in [-0.2, -0.15) is 0 Å². The largest absolute Gasteiger partial charge is 0.481 e. The van der Waals surface area contributed by atoms with Crippen LogP contribution in [0.15, 0.2) is 9.00 Å². The van der Waals surface area contributed by atoms with E-state index in [0.29, 0.717) is 17.8 Å². The molecule has 0 aromatic carbocycles. The molecule has 9 heteroatoms. The van der Waals surface area contributed by atoms with E-state index in [-0.39, 0.29) is 34.7 Å². The van der Waals surface area contributed by atoms with Crippen LogP contribution >= 0.6 is 11.3 Å². The summed E-state index contributed by atoms with van der Waals surface area (Å²) in [5.41, 5.74) is 0.288. The van der Waals surface area contributed by atoms with Crippen molar-refractivity contribution < 1.29 is 18.3 Å². The lowest BCUT2D eigenvalue weighted by molar-refractivity contribution is -0.138. The number of carbonyl (C=O) groups is 1. The molecule has 0 radical (unpaired) electrons. The molecule has 0 aliphatic rings. The minimum atomic E-state index is -3.79. The average molecular weight is 336 g/mol. The molecule has 1 aromatic heterocycles. The van der Waals surface area contributed by atoms with Gasteiger partial charge in [0.2, 0.25) is 0 Å². The van der Waals surface area contributed by atoms with Gasteiger partial charge in [-0.25, -0.2) is 13.1 Å². The predicted octanol–water partition coefficient (Wildman–Crippen LogP) is 1.16. The molecule has 7 nitrogen and oxygen atoms in total. The van der Waals surface area contributed by atoms with E-state index in [4.69, 9.17) is 5.11 Å². The number of H-pyrrole nitrogens is 1. The number of rotatable bonds is 8. The molecule has 0 aliphatic carbocycles. The third kappa shape index (κ3) is 5.60. The maximum atomic E-state index is 12.1. The molecule has 0 amide bonds. The Labute approximate surface area is 127 Å². The SMILES string of the molecule is Cc1[nH]c(=O)sc1S(=O)(=O)NCC(CC(=O)O)CC(C)C. The summed E-state index contributed by atoms with van der Waals surface area (Å²) in [6, 6.07) is 0. The molecule has 120 valence electrons. The Morgan fingerprint density at radius 3 is 2.48 bits per heavy atom. The van der Waals surface area contributed by atoms with Crippen LogP contribution in [0.1, 0.15) is 32.4 Å². The number of aromatic amines is 1. The molecule has 1 aromatic rings. The Bertz CT molecular complexity index is 645. The lowest BCUT2D eigenvalue weighted by Gasteiger charge is -2.17. The van der Waals surface area contributed by atoms with Crippen LogP contribution in [-0.4, -0.2) is 31.0 Å². The number of sulfonamides is 1. The van der Waals surface area contributed by atoms with Gasteiger partial charge < -0.3 is 10.1 Å². The highest BCUT2D eigenvalue weighted by atomic mass is 32.2. The number of hydrogen-bond acceptors (Lipinski definition) is 5. The average Bonchev–Trinajstić information content (AvgIpc) is 2.65. The van der Waals surface area contributed by atoms with Gasteiger partial charge >= 0.3 is 10.8 Å². The van der Waals surface area contributed by atoms with E-state index in [9.17, 15) is 18.0 Å². The molecule has 0 spiro atoms. The van der Waals surface area contributed by atoms with Crippen LogP contribution in [0.25, 0.3) is 0 Å². The van der Waals surface area contributed by atoms with Gasteiger partial charge in [0.15, 0.2) is 4.21 Å². The molecule has 0 bridgehead atoms. The van der Waals surface area contributed by atoms with Crippen molar-refractivity contribution in [1.82, 2.24) is 9.71 Å². The van der Waals surface area contributed by atoms with E-state index >= 15 is 0 Å². The third-order valence-corrected chi connectivity index (χ3v) is 5.88. The van der Waals surface area contributed by atoms with E-state index in [0.717, 1.165) is 0 Å². The molecular formula is C12H20N2O5S2. The Morgan fingerprint density at radius 2 is 2.05 bits per heavy atom. The summed E-state index contributed by atoms with van der Waals surface area (Å²) in [7, 11) is -3.79. The van der Waals surface area contributed by atoms with Crippen LogP contribution in [0, 0.1) is 18.8 Å². The van der Waals surface area contributed by atoms with Crippen molar-refractivity contribution in [1.29, 1.82) is 0 Å². The summed E-state index contributed by atoms with van der Waals surface area (Å²) < 4.78 is 26.6. The van der Waals surface area contributed by atoms with Crippen molar-refractivity contribution in [3.63, 3.8) is 0 Å². The Morgan fingerprint density at radius 1 is 1.43 bits per heavy atom. The zero-order valence-corrected chi connectivity index (χ0v) is 13.8. The normalized spacial score (nSPS) is 13.5. The zero-order valence-electron chi connectivity index (χ0n) is 12.2. The standard InChI is InChI=1S/C12H20N2O5S2/c1-7(2)4-9(5-10(15)16)6-13-21(18,19)11-8(3)14-12(17)20-11/h7,9,13H,4-6H2,1-3H3,(H,14,17)(H,15,16). The number of hydrogen-bond donors (Lipinski definition) is 3. The van der Waals surface area contributed by atoms with Gasteiger partial charge in [0.1, 0.15) is 0 Å². The van der Waals surface area contributed by atoms with Crippen molar-refractivity contribution >= 4 is 27.3 Å². The van der Waals surface area contributed by atoms with E-state index < -0.39 is 20.9 Å². The summed E-state index contributed by atoms with van der Waals surface area (Å²) >= 11 is 0.623. The summed E-state index contributed by atoms with van der Waals surface area (Å²) in [4.78, 5) is 24.0. The highest BCUT2D eigenvalue weighted by molar-refractivity contribution is 7.91. The molecule has 1 heterocycles. The topological polar surface area (TPSA) is 116 Å². The van der Waals surface area contributed by atoms with Crippen molar-refractivity contribution in [2.75, 3.05) is 6.54 Å². The second-order valence-corrected chi connectivity index (χ2v) is 8.32. The fourth-order valence-electron chi connectivity index (χ4n) is 2.09. The Hall–Kier alpha value is -1.19. The highest BCUT2D eigenvalue weighted by Crippen LogP contribution is 2.18. The molecular weight excluding hydrogens is 316 g/mol. The molecule has 21 heavy (non-hydrogen) atoms. The number of aromatic nitrogens is 1.